The molecule has 0 N–H and O–H groups in total. The van der Waals surface area contributed by atoms with Crippen LogP contribution in [0.5, 0.6) is 0 Å². The molecule has 0 saturated carbocycles. The summed E-state index contributed by atoms with van der Waals surface area (Å²) in [7, 11) is 0. The molecule has 64 heavy (non-hydrogen) atoms. The van der Waals surface area contributed by atoms with Gasteiger partial charge in [-0.3, -0.25) is 0 Å². The van der Waals surface area contributed by atoms with Gasteiger partial charge in [0.25, 0.3) is 6.71 Å². The molecule has 324 valence electrons. The van der Waals surface area contributed by atoms with Crippen molar-refractivity contribution in [2.45, 2.75) is 126 Å². The summed E-state index contributed by atoms with van der Waals surface area (Å²) in [6, 6.07) is 40.9. The van der Waals surface area contributed by atoms with Crippen LogP contribution in [0.3, 0.4) is 0 Å². The van der Waals surface area contributed by atoms with Gasteiger partial charge in [-0.2, -0.15) is 0 Å². The van der Waals surface area contributed by atoms with Crippen LogP contribution >= 0.6 is 22.7 Å². The maximum Gasteiger partial charge on any atom is 0.264 e. The first-order valence-corrected chi connectivity index (χ1v) is 24.9. The summed E-state index contributed by atoms with van der Waals surface area (Å²) in [5.41, 5.74) is 22.7. The topological polar surface area (TPSA) is 6.48 Å². The third-order valence-electron chi connectivity index (χ3n) is 14.1. The summed E-state index contributed by atoms with van der Waals surface area (Å²) in [4.78, 5) is 6.71. The van der Waals surface area contributed by atoms with Crippen molar-refractivity contribution in [3.05, 3.63) is 148 Å². The summed E-state index contributed by atoms with van der Waals surface area (Å²) in [5.74, 6) is 0.319. The second kappa shape index (κ2) is 14.7. The zero-order valence-corrected chi connectivity index (χ0v) is 42.3. The quantitative estimate of drug-likeness (QED) is 0.163. The lowest BCUT2D eigenvalue weighted by atomic mass is 9.36. The number of anilines is 6. The Balaban J connectivity index is 1.35. The third-order valence-corrected chi connectivity index (χ3v) is 16.5. The Labute approximate surface area is 391 Å². The molecular formula is C59H63BN2S2. The minimum Gasteiger partial charge on any atom is -0.311 e. The van der Waals surface area contributed by atoms with E-state index in [1.807, 2.05) is 22.7 Å². The van der Waals surface area contributed by atoms with E-state index in [9.17, 15) is 0 Å². The number of hydrogen-bond acceptors (Lipinski definition) is 4. The Hall–Kier alpha value is -5.10. The van der Waals surface area contributed by atoms with E-state index in [4.69, 9.17) is 0 Å². The first-order valence-electron chi connectivity index (χ1n) is 23.3. The molecule has 2 nitrogen and oxygen atoms in total. The zero-order valence-electron chi connectivity index (χ0n) is 40.7. The van der Waals surface area contributed by atoms with E-state index in [0.29, 0.717) is 5.92 Å². The molecule has 2 aliphatic heterocycles. The highest BCUT2D eigenvalue weighted by Gasteiger charge is 2.47. The average Bonchev–Trinajstić information content (AvgIpc) is 3.82. The number of fused-ring (bicyclic) bond motifs is 7. The Morgan fingerprint density at radius 3 is 1.62 bits per heavy atom. The normalized spacial score (nSPS) is 13.9. The van der Waals surface area contributed by atoms with Gasteiger partial charge in [0.1, 0.15) is 0 Å². The second-order valence-electron chi connectivity index (χ2n) is 22.3. The van der Waals surface area contributed by atoms with Crippen LogP contribution in [0.2, 0.25) is 0 Å². The number of nitrogens with zero attached hydrogens (tertiary/aromatic N) is 2. The van der Waals surface area contributed by atoms with Crippen molar-refractivity contribution in [1.82, 2.24) is 0 Å². The van der Waals surface area contributed by atoms with Crippen molar-refractivity contribution < 1.29 is 0 Å². The van der Waals surface area contributed by atoms with Gasteiger partial charge in [0.15, 0.2) is 0 Å². The lowest BCUT2D eigenvalue weighted by molar-refractivity contribution is 0.589. The largest absolute Gasteiger partial charge is 0.311 e. The van der Waals surface area contributed by atoms with E-state index >= 15 is 0 Å². The van der Waals surface area contributed by atoms with Gasteiger partial charge in [0.05, 0.1) is 17.1 Å². The van der Waals surface area contributed by atoms with Crippen molar-refractivity contribution >= 4 is 99.4 Å². The van der Waals surface area contributed by atoms with Gasteiger partial charge in [-0.25, -0.2) is 0 Å². The van der Waals surface area contributed by atoms with Gasteiger partial charge in [0, 0.05) is 41.5 Å². The van der Waals surface area contributed by atoms with Crippen molar-refractivity contribution in [2.24, 2.45) is 0 Å². The van der Waals surface area contributed by atoms with Gasteiger partial charge < -0.3 is 9.80 Å². The Morgan fingerprint density at radius 1 is 0.500 bits per heavy atom. The highest BCUT2D eigenvalue weighted by atomic mass is 32.1. The summed E-state index contributed by atoms with van der Waals surface area (Å²) in [6.07, 6.45) is 0. The molecule has 4 heterocycles. The zero-order chi connectivity index (χ0) is 45.5. The van der Waals surface area contributed by atoms with Crippen LogP contribution in [0, 0.1) is 27.7 Å². The van der Waals surface area contributed by atoms with Crippen LogP contribution in [0.25, 0.3) is 30.6 Å². The van der Waals surface area contributed by atoms with Crippen molar-refractivity contribution in [3.8, 4) is 10.4 Å². The third kappa shape index (κ3) is 6.78. The van der Waals surface area contributed by atoms with E-state index in [0.717, 1.165) is 0 Å². The molecule has 0 spiro atoms. The molecule has 6 aromatic carbocycles. The van der Waals surface area contributed by atoms with Gasteiger partial charge in [-0.15, -0.1) is 22.7 Å². The van der Waals surface area contributed by atoms with E-state index in [-0.39, 0.29) is 23.0 Å². The molecule has 2 aromatic heterocycles. The minimum atomic E-state index is 0.0117. The van der Waals surface area contributed by atoms with Crippen LogP contribution in [0.1, 0.15) is 127 Å². The average molecular weight is 875 g/mol. The summed E-state index contributed by atoms with van der Waals surface area (Å²) in [5, 5.41) is 2.65. The molecule has 5 heteroatoms. The molecule has 0 atom stereocenters. The molecule has 10 rings (SSSR count). The molecule has 0 amide bonds. The number of rotatable bonds is 4. The fourth-order valence-corrected chi connectivity index (χ4v) is 12.9. The predicted octanol–water partition coefficient (Wildman–Crippen LogP) is 16.1. The Morgan fingerprint density at radius 2 is 1.06 bits per heavy atom. The van der Waals surface area contributed by atoms with Gasteiger partial charge in [-0.1, -0.05) is 137 Å². The highest BCUT2D eigenvalue weighted by molar-refractivity contribution is 7.33. The fraction of sp³-hybridized carbons (Fsp3) is 0.322. The first kappa shape index (κ1) is 42.8. The lowest BCUT2D eigenvalue weighted by Crippen LogP contribution is -2.60. The summed E-state index contributed by atoms with van der Waals surface area (Å²) in [6.45, 7) is 35.2. The summed E-state index contributed by atoms with van der Waals surface area (Å²) >= 11 is 3.90. The van der Waals surface area contributed by atoms with Crippen LogP contribution in [-0.4, -0.2) is 6.71 Å². The number of hydrogen-bond donors (Lipinski definition) is 0. The molecule has 2 aliphatic rings. The maximum absolute atomic E-state index is 2.72. The van der Waals surface area contributed by atoms with E-state index in [1.54, 1.807) is 0 Å². The van der Waals surface area contributed by atoms with E-state index in [2.05, 4.69) is 217 Å². The number of thiophene rings is 2. The fourth-order valence-electron chi connectivity index (χ4n) is 10.5. The van der Waals surface area contributed by atoms with Gasteiger partial charge in [-0.05, 0) is 159 Å². The number of aryl methyl sites for hydroxylation is 4. The molecule has 0 fully saturated rings. The van der Waals surface area contributed by atoms with Crippen molar-refractivity contribution in [3.63, 3.8) is 0 Å². The standard InChI is InChI=1S/C59H63BN2S2/c1-33(2)40-29-47-52-48(30-40)62(54-36(5)26-43(27-37(54)6)59(13,14)15)55-44-32-41(57(7,8)9)21-23-50(44)64-56(55)60(52)45-22-20-39(51-31-38-18-16-17-19-49(38)63-51)28-46(45)61(47)53-34(3)24-42(25-35(53)4)58(10,11)12/h16-33H,1-15H3. The highest BCUT2D eigenvalue weighted by Crippen LogP contribution is 2.52. The van der Waals surface area contributed by atoms with Crippen molar-refractivity contribution in [2.75, 3.05) is 9.80 Å². The van der Waals surface area contributed by atoms with Crippen LogP contribution < -0.4 is 25.5 Å². The summed E-state index contributed by atoms with van der Waals surface area (Å²) < 4.78 is 4.10. The molecule has 0 bridgehead atoms. The lowest BCUT2D eigenvalue weighted by Gasteiger charge is -2.45. The van der Waals surface area contributed by atoms with Crippen LogP contribution in [0.4, 0.5) is 34.1 Å². The van der Waals surface area contributed by atoms with E-state index in [1.165, 1.54) is 125 Å². The Kier molecular flexibility index (Phi) is 9.84. The SMILES string of the molecule is Cc1cc(C(C)(C)C)cc(C)c1N1c2cc(-c3cc4ccccc4s3)ccc2B2c3sc4ccc(C(C)(C)C)cc4c3N(c3c(C)cc(C(C)(C)C)cc3C)c3cc(C(C)C)cc1c32. The molecule has 8 aromatic rings. The number of benzene rings is 6. The minimum absolute atomic E-state index is 0.0117. The van der Waals surface area contributed by atoms with Gasteiger partial charge >= 0.3 is 0 Å². The second-order valence-corrected chi connectivity index (χ2v) is 24.5. The van der Waals surface area contributed by atoms with Gasteiger partial charge in [0.2, 0.25) is 0 Å². The predicted molar refractivity (Wildman–Crippen MR) is 286 cm³/mol. The molecular weight excluding hydrogens is 812 g/mol. The smallest absolute Gasteiger partial charge is 0.264 e. The first-order chi connectivity index (χ1) is 30.1. The maximum atomic E-state index is 2.72. The molecule has 0 unspecified atom stereocenters. The monoisotopic (exact) mass is 874 g/mol. The molecule has 0 aliphatic carbocycles. The molecule has 0 saturated heterocycles. The van der Waals surface area contributed by atoms with Crippen molar-refractivity contribution in [1.29, 1.82) is 0 Å². The van der Waals surface area contributed by atoms with Crippen LogP contribution in [0.15, 0.2) is 103 Å². The van der Waals surface area contributed by atoms with E-state index < -0.39 is 0 Å². The Bertz CT molecular complexity index is 3130. The molecule has 0 radical (unpaired) electrons. The van der Waals surface area contributed by atoms with Crippen LogP contribution in [-0.2, 0) is 16.2 Å².